The number of ether oxygens (including phenoxy) is 1. The summed E-state index contributed by atoms with van der Waals surface area (Å²) in [5.41, 5.74) is 5.95. The summed E-state index contributed by atoms with van der Waals surface area (Å²) in [5.74, 6) is 0. The van der Waals surface area contributed by atoms with Gasteiger partial charge in [0, 0.05) is 24.6 Å². The van der Waals surface area contributed by atoms with Crippen LogP contribution in [0.2, 0.25) is 0 Å². The number of nitrogen functional groups attached to an aromatic ring is 1. The molecule has 1 aromatic heterocycles. The Morgan fingerprint density at radius 3 is 3.00 bits per heavy atom. The monoisotopic (exact) mass is 168 g/mol. The molecule has 0 aliphatic carbocycles. The van der Waals surface area contributed by atoms with E-state index in [0.29, 0.717) is 12.3 Å². The van der Waals surface area contributed by atoms with Crippen molar-refractivity contribution < 1.29 is 4.74 Å². The molecule has 0 atom stereocenters. The zero-order chi connectivity index (χ0) is 8.97. The van der Waals surface area contributed by atoms with Crippen molar-refractivity contribution in [2.24, 2.45) is 0 Å². The summed E-state index contributed by atoms with van der Waals surface area (Å²) in [6, 6.07) is 3.00. The van der Waals surface area contributed by atoms with Crippen LogP contribution < -0.4 is 11.3 Å². The van der Waals surface area contributed by atoms with E-state index in [9.17, 15) is 4.79 Å². The zero-order valence-corrected chi connectivity index (χ0v) is 6.99. The highest BCUT2D eigenvalue weighted by atomic mass is 16.5. The molecule has 66 valence electrons. The summed E-state index contributed by atoms with van der Waals surface area (Å²) in [7, 11) is 0. The fourth-order valence-electron chi connectivity index (χ4n) is 0.840. The van der Waals surface area contributed by atoms with Crippen molar-refractivity contribution in [3.63, 3.8) is 0 Å². The fourth-order valence-corrected chi connectivity index (χ4v) is 0.840. The van der Waals surface area contributed by atoms with Crippen LogP contribution in [0, 0.1) is 0 Å². The van der Waals surface area contributed by atoms with E-state index in [1.54, 1.807) is 12.3 Å². The summed E-state index contributed by atoms with van der Waals surface area (Å²) in [4.78, 5) is 11.1. The molecule has 1 rings (SSSR count). The second-order valence-electron chi connectivity index (χ2n) is 2.39. The van der Waals surface area contributed by atoms with Crippen LogP contribution in [-0.2, 0) is 11.5 Å². The summed E-state index contributed by atoms with van der Waals surface area (Å²) in [6.07, 6.45) is 1.57. The number of nitrogens with two attached hydrogens (primary N) is 1. The molecule has 0 aliphatic heterocycles. The van der Waals surface area contributed by atoms with Gasteiger partial charge in [-0.15, -0.1) is 0 Å². The molecule has 0 aliphatic rings. The molecule has 0 aromatic carbocycles. The van der Waals surface area contributed by atoms with Gasteiger partial charge in [0.15, 0.2) is 0 Å². The summed E-state index contributed by atoms with van der Waals surface area (Å²) in [5, 5.41) is 0. The fraction of sp³-hybridized carbons (Fsp3) is 0.375. The Hall–Kier alpha value is -1.29. The van der Waals surface area contributed by atoms with Gasteiger partial charge in [-0.3, -0.25) is 9.36 Å². The molecule has 1 heterocycles. The van der Waals surface area contributed by atoms with Crippen molar-refractivity contribution in [3.05, 3.63) is 28.7 Å². The van der Waals surface area contributed by atoms with Crippen molar-refractivity contribution >= 4 is 5.69 Å². The van der Waals surface area contributed by atoms with Gasteiger partial charge in [-0.1, -0.05) is 0 Å². The molecular formula is C8H12N2O2. The van der Waals surface area contributed by atoms with Gasteiger partial charge in [-0.25, -0.2) is 0 Å². The van der Waals surface area contributed by atoms with Gasteiger partial charge in [0.2, 0.25) is 0 Å². The Morgan fingerprint density at radius 2 is 2.33 bits per heavy atom. The minimum atomic E-state index is -0.0994. The maximum absolute atomic E-state index is 11.1. The molecule has 1 aromatic rings. The molecule has 0 spiro atoms. The van der Waals surface area contributed by atoms with Crippen molar-refractivity contribution in [2.75, 3.05) is 12.3 Å². The number of rotatable bonds is 3. The number of anilines is 1. The van der Waals surface area contributed by atoms with Gasteiger partial charge < -0.3 is 10.5 Å². The van der Waals surface area contributed by atoms with E-state index < -0.39 is 0 Å². The van der Waals surface area contributed by atoms with E-state index in [4.69, 9.17) is 10.5 Å². The maximum Gasteiger partial charge on any atom is 0.252 e. The van der Waals surface area contributed by atoms with Crippen molar-refractivity contribution in [1.82, 2.24) is 4.57 Å². The molecule has 2 N–H and O–H groups in total. The number of hydrogen-bond donors (Lipinski definition) is 1. The van der Waals surface area contributed by atoms with Crippen LogP contribution in [0.25, 0.3) is 0 Å². The van der Waals surface area contributed by atoms with Gasteiger partial charge in [-0.05, 0) is 13.0 Å². The molecule has 0 saturated heterocycles. The van der Waals surface area contributed by atoms with Crippen LogP contribution in [0.1, 0.15) is 6.92 Å². The van der Waals surface area contributed by atoms with E-state index in [2.05, 4.69) is 0 Å². The predicted octanol–water partition coefficient (Wildman–Crippen LogP) is 0.425. The molecule has 4 nitrogen and oxygen atoms in total. The minimum absolute atomic E-state index is 0.0994. The average molecular weight is 168 g/mol. The van der Waals surface area contributed by atoms with Crippen LogP contribution in [0.3, 0.4) is 0 Å². The van der Waals surface area contributed by atoms with Gasteiger partial charge in [-0.2, -0.15) is 0 Å². The molecule has 4 heteroatoms. The molecule has 0 fully saturated rings. The third-order valence-corrected chi connectivity index (χ3v) is 1.44. The SMILES string of the molecule is CCOCn1cc(N)ccc1=O. The normalized spacial score (nSPS) is 10.1. The Balaban J connectivity index is 2.83. The topological polar surface area (TPSA) is 57.2 Å². The third-order valence-electron chi connectivity index (χ3n) is 1.44. The molecule has 0 unspecified atom stereocenters. The molecular weight excluding hydrogens is 156 g/mol. The first kappa shape index (κ1) is 8.80. The van der Waals surface area contributed by atoms with Gasteiger partial charge in [0.1, 0.15) is 6.73 Å². The molecule has 0 radical (unpaired) electrons. The Labute approximate surface area is 70.6 Å². The van der Waals surface area contributed by atoms with Gasteiger partial charge in [0.25, 0.3) is 5.56 Å². The molecule has 0 amide bonds. The lowest BCUT2D eigenvalue weighted by Crippen LogP contribution is -2.20. The first-order chi connectivity index (χ1) is 5.74. The summed E-state index contributed by atoms with van der Waals surface area (Å²) in [6.45, 7) is 2.72. The van der Waals surface area contributed by atoms with Crippen LogP contribution in [-0.4, -0.2) is 11.2 Å². The number of aromatic nitrogens is 1. The summed E-state index contributed by atoms with van der Waals surface area (Å²) >= 11 is 0. The lowest BCUT2D eigenvalue weighted by molar-refractivity contribution is 0.0855. The van der Waals surface area contributed by atoms with Gasteiger partial charge in [0.05, 0.1) is 0 Å². The van der Waals surface area contributed by atoms with Crippen LogP contribution >= 0.6 is 0 Å². The van der Waals surface area contributed by atoms with E-state index in [1.165, 1.54) is 10.6 Å². The standard InChI is InChI=1S/C8H12N2O2/c1-2-12-6-10-5-7(9)3-4-8(10)11/h3-5H,2,6,9H2,1H3. The quantitative estimate of drug-likeness (QED) is 0.711. The van der Waals surface area contributed by atoms with Crippen molar-refractivity contribution in [3.8, 4) is 0 Å². The second kappa shape index (κ2) is 3.92. The van der Waals surface area contributed by atoms with E-state index in [-0.39, 0.29) is 12.3 Å². The highest BCUT2D eigenvalue weighted by molar-refractivity contribution is 5.33. The minimum Gasteiger partial charge on any atom is -0.398 e. The smallest absolute Gasteiger partial charge is 0.252 e. The van der Waals surface area contributed by atoms with E-state index in [1.807, 2.05) is 6.92 Å². The Bertz CT molecular complexity index is 306. The van der Waals surface area contributed by atoms with E-state index in [0.717, 1.165) is 0 Å². The van der Waals surface area contributed by atoms with Crippen molar-refractivity contribution in [1.29, 1.82) is 0 Å². The first-order valence-corrected chi connectivity index (χ1v) is 3.77. The van der Waals surface area contributed by atoms with Crippen LogP contribution in [0.4, 0.5) is 5.69 Å². The zero-order valence-electron chi connectivity index (χ0n) is 6.99. The first-order valence-electron chi connectivity index (χ1n) is 3.77. The molecule has 0 bridgehead atoms. The highest BCUT2D eigenvalue weighted by Gasteiger charge is 1.94. The van der Waals surface area contributed by atoms with Gasteiger partial charge >= 0.3 is 0 Å². The Morgan fingerprint density at radius 1 is 1.58 bits per heavy atom. The Kier molecular flexibility index (Phi) is 2.88. The third kappa shape index (κ3) is 2.10. The summed E-state index contributed by atoms with van der Waals surface area (Å²) < 4.78 is 6.49. The maximum atomic E-state index is 11.1. The van der Waals surface area contributed by atoms with E-state index >= 15 is 0 Å². The van der Waals surface area contributed by atoms with Crippen LogP contribution in [0.5, 0.6) is 0 Å². The second-order valence-corrected chi connectivity index (χ2v) is 2.39. The highest BCUT2D eigenvalue weighted by Crippen LogP contribution is 1.95. The average Bonchev–Trinajstić information content (AvgIpc) is 2.07. The predicted molar refractivity (Wildman–Crippen MR) is 46.7 cm³/mol. The lowest BCUT2D eigenvalue weighted by Gasteiger charge is -2.04. The number of hydrogen-bond acceptors (Lipinski definition) is 3. The van der Waals surface area contributed by atoms with Crippen molar-refractivity contribution in [2.45, 2.75) is 13.7 Å². The van der Waals surface area contributed by atoms with Crippen LogP contribution in [0.15, 0.2) is 23.1 Å². The lowest BCUT2D eigenvalue weighted by atomic mass is 10.4. The number of nitrogens with zero attached hydrogens (tertiary/aromatic N) is 1. The molecule has 0 saturated carbocycles. The largest absolute Gasteiger partial charge is 0.398 e. The number of pyridine rings is 1. The molecule has 12 heavy (non-hydrogen) atoms.